The van der Waals surface area contributed by atoms with E-state index in [9.17, 15) is 24.0 Å². The number of carbonyl (C=O) groups excluding carboxylic acids is 5. The average molecular weight is 631 g/mol. The Morgan fingerprint density at radius 2 is 1.71 bits per heavy atom. The largest absolute Gasteiger partial charge is 0.463 e. The van der Waals surface area contributed by atoms with Gasteiger partial charge in [-0.2, -0.15) is 0 Å². The molecular formula is C33H50N4O8. The van der Waals surface area contributed by atoms with Crippen molar-refractivity contribution >= 4 is 29.8 Å². The molecule has 12 nitrogen and oxygen atoms in total. The van der Waals surface area contributed by atoms with Crippen molar-refractivity contribution in [2.45, 2.75) is 104 Å². The fourth-order valence-corrected chi connectivity index (χ4v) is 4.72. The van der Waals surface area contributed by atoms with E-state index in [-0.39, 0.29) is 43.8 Å². The zero-order chi connectivity index (χ0) is 33.6. The zero-order valence-electron chi connectivity index (χ0n) is 27.5. The van der Waals surface area contributed by atoms with Crippen LogP contribution in [0.4, 0.5) is 4.79 Å². The lowest BCUT2D eigenvalue weighted by Gasteiger charge is -2.29. The van der Waals surface area contributed by atoms with Gasteiger partial charge in [-0.25, -0.2) is 9.59 Å². The van der Waals surface area contributed by atoms with Gasteiger partial charge >= 0.3 is 12.1 Å². The monoisotopic (exact) mass is 630 g/mol. The molecule has 1 aliphatic heterocycles. The quantitative estimate of drug-likeness (QED) is 0.160. The molecule has 0 bridgehead atoms. The summed E-state index contributed by atoms with van der Waals surface area (Å²) < 4.78 is 16.3. The van der Waals surface area contributed by atoms with E-state index in [4.69, 9.17) is 14.2 Å². The highest BCUT2D eigenvalue weighted by Crippen LogP contribution is 2.18. The number of hydrogen-bond donors (Lipinski definition) is 4. The van der Waals surface area contributed by atoms with E-state index in [1.807, 2.05) is 44.2 Å². The first-order valence-corrected chi connectivity index (χ1v) is 15.6. The number of benzene rings is 1. The minimum absolute atomic E-state index is 0.0132. The Morgan fingerprint density at radius 1 is 1.02 bits per heavy atom. The zero-order valence-corrected chi connectivity index (χ0v) is 27.5. The summed E-state index contributed by atoms with van der Waals surface area (Å²) in [7, 11) is 0. The van der Waals surface area contributed by atoms with Crippen molar-refractivity contribution in [2.24, 2.45) is 11.8 Å². The third kappa shape index (κ3) is 14.1. The Morgan fingerprint density at radius 3 is 2.29 bits per heavy atom. The van der Waals surface area contributed by atoms with Crippen LogP contribution in [0.15, 0.2) is 42.5 Å². The van der Waals surface area contributed by atoms with Gasteiger partial charge in [0.2, 0.25) is 17.7 Å². The van der Waals surface area contributed by atoms with E-state index in [2.05, 4.69) is 21.3 Å². The van der Waals surface area contributed by atoms with Gasteiger partial charge in [-0.15, -0.1) is 0 Å². The number of nitrogens with one attached hydrogen (secondary N) is 4. The molecule has 2 rings (SSSR count). The maximum atomic E-state index is 13.7. The van der Waals surface area contributed by atoms with Crippen molar-refractivity contribution in [1.29, 1.82) is 0 Å². The fraction of sp³-hybridized carbons (Fsp3) is 0.606. The highest BCUT2D eigenvalue weighted by molar-refractivity contribution is 5.92. The lowest BCUT2D eigenvalue weighted by atomic mass is 9.96. The maximum absolute atomic E-state index is 13.7. The van der Waals surface area contributed by atoms with Crippen LogP contribution in [0.5, 0.6) is 0 Å². The summed E-state index contributed by atoms with van der Waals surface area (Å²) in [5.74, 6) is -2.14. The van der Waals surface area contributed by atoms with Crippen LogP contribution in [0.3, 0.4) is 0 Å². The standard InChI is InChI=1S/C33H50N4O8/c1-8-43-27(38)15-14-25(19-24-16-17-34-29(24)39)35-30(40)26(18-21(2)3)36-31(41)28(37-32(42)45-33(5,6)7)22(4)44-20-23-12-10-9-11-13-23/h9-15,21-22,24-26,28H,8,16-20H2,1-7H3,(H,34,39)(H,35,40)(H,36,41)(H,37,42)/t22?,24-,25+,26-,28-/m0/s1. The molecule has 1 saturated heterocycles. The number of alkyl carbamates (subject to hydrolysis) is 1. The van der Waals surface area contributed by atoms with Crippen LogP contribution in [0.2, 0.25) is 0 Å². The van der Waals surface area contributed by atoms with E-state index in [0.29, 0.717) is 13.0 Å². The highest BCUT2D eigenvalue weighted by atomic mass is 16.6. The second kappa shape index (κ2) is 18.1. The van der Waals surface area contributed by atoms with Gasteiger partial charge in [0.05, 0.1) is 19.3 Å². The molecule has 1 aromatic rings. The minimum atomic E-state index is -1.19. The van der Waals surface area contributed by atoms with Crippen molar-refractivity contribution < 1.29 is 38.2 Å². The summed E-state index contributed by atoms with van der Waals surface area (Å²) in [5.41, 5.74) is 0.0809. The number of ether oxygens (including phenoxy) is 3. The molecular weight excluding hydrogens is 580 g/mol. The molecule has 4 amide bonds. The smallest absolute Gasteiger partial charge is 0.408 e. The van der Waals surface area contributed by atoms with E-state index < -0.39 is 53.7 Å². The van der Waals surface area contributed by atoms with Crippen LogP contribution in [-0.4, -0.2) is 72.8 Å². The summed E-state index contributed by atoms with van der Waals surface area (Å²) >= 11 is 0. The lowest BCUT2D eigenvalue weighted by molar-refractivity contribution is -0.137. The number of esters is 1. The molecule has 1 fully saturated rings. The molecule has 0 saturated carbocycles. The molecule has 12 heteroatoms. The van der Waals surface area contributed by atoms with Gasteiger partial charge in [0.15, 0.2) is 0 Å². The predicted octanol–water partition coefficient (Wildman–Crippen LogP) is 3.15. The van der Waals surface area contributed by atoms with Gasteiger partial charge in [-0.3, -0.25) is 14.4 Å². The highest BCUT2D eigenvalue weighted by Gasteiger charge is 2.34. The van der Waals surface area contributed by atoms with Crippen LogP contribution < -0.4 is 21.3 Å². The number of hydrogen-bond acceptors (Lipinski definition) is 8. The Bertz CT molecular complexity index is 1160. The van der Waals surface area contributed by atoms with Crippen molar-refractivity contribution in [1.82, 2.24) is 21.3 Å². The van der Waals surface area contributed by atoms with Gasteiger partial charge in [-0.05, 0) is 65.4 Å². The molecule has 1 unspecified atom stereocenters. The topological polar surface area (TPSA) is 161 Å². The lowest BCUT2D eigenvalue weighted by Crippen LogP contribution is -2.58. The van der Waals surface area contributed by atoms with Crippen molar-refractivity contribution in [2.75, 3.05) is 13.2 Å². The van der Waals surface area contributed by atoms with E-state index in [0.717, 1.165) is 5.56 Å². The first-order valence-electron chi connectivity index (χ1n) is 15.6. The molecule has 250 valence electrons. The van der Waals surface area contributed by atoms with E-state index >= 15 is 0 Å². The van der Waals surface area contributed by atoms with Crippen LogP contribution in [0.25, 0.3) is 0 Å². The van der Waals surface area contributed by atoms with Crippen LogP contribution >= 0.6 is 0 Å². The second-order valence-corrected chi connectivity index (χ2v) is 12.6. The second-order valence-electron chi connectivity index (χ2n) is 12.6. The molecule has 4 N–H and O–H groups in total. The molecule has 1 heterocycles. The summed E-state index contributed by atoms with van der Waals surface area (Å²) in [4.78, 5) is 64.4. The van der Waals surface area contributed by atoms with Crippen LogP contribution in [0.1, 0.15) is 73.3 Å². The molecule has 5 atom stereocenters. The normalized spacial score (nSPS) is 17.6. The Balaban J connectivity index is 2.25. The first-order chi connectivity index (χ1) is 21.2. The Labute approximate surface area is 266 Å². The summed E-state index contributed by atoms with van der Waals surface area (Å²) in [6.45, 7) is 13.2. The summed E-state index contributed by atoms with van der Waals surface area (Å²) in [6, 6.07) is 6.54. The third-order valence-electron chi connectivity index (χ3n) is 6.90. The minimum Gasteiger partial charge on any atom is -0.463 e. The van der Waals surface area contributed by atoms with Gasteiger partial charge in [0.1, 0.15) is 17.7 Å². The molecule has 0 radical (unpaired) electrons. The van der Waals surface area contributed by atoms with Gasteiger partial charge < -0.3 is 35.5 Å². The van der Waals surface area contributed by atoms with E-state index in [1.54, 1.807) is 34.6 Å². The number of rotatable bonds is 16. The molecule has 45 heavy (non-hydrogen) atoms. The Hall–Kier alpha value is -3.93. The van der Waals surface area contributed by atoms with Crippen molar-refractivity contribution in [3.8, 4) is 0 Å². The molecule has 1 aliphatic rings. The summed E-state index contributed by atoms with van der Waals surface area (Å²) in [5, 5.41) is 11.1. The van der Waals surface area contributed by atoms with Gasteiger partial charge in [0.25, 0.3) is 0 Å². The van der Waals surface area contributed by atoms with Gasteiger partial charge in [0, 0.05) is 24.6 Å². The molecule has 0 aromatic heterocycles. The predicted molar refractivity (Wildman–Crippen MR) is 169 cm³/mol. The van der Waals surface area contributed by atoms with Crippen molar-refractivity contribution in [3.05, 3.63) is 48.0 Å². The van der Waals surface area contributed by atoms with Crippen molar-refractivity contribution in [3.63, 3.8) is 0 Å². The van der Waals surface area contributed by atoms with Gasteiger partial charge in [-0.1, -0.05) is 50.3 Å². The van der Waals surface area contributed by atoms with Crippen LogP contribution in [-0.2, 0) is 40.0 Å². The average Bonchev–Trinajstić information content (AvgIpc) is 3.36. The van der Waals surface area contributed by atoms with E-state index in [1.165, 1.54) is 12.2 Å². The van der Waals surface area contributed by atoms with Crippen LogP contribution in [0, 0.1) is 11.8 Å². The number of amides is 4. The maximum Gasteiger partial charge on any atom is 0.408 e. The number of carbonyl (C=O) groups is 5. The fourth-order valence-electron chi connectivity index (χ4n) is 4.72. The summed E-state index contributed by atoms with van der Waals surface area (Å²) in [6.07, 6.45) is 2.29. The Kier molecular flexibility index (Phi) is 15.0. The molecule has 0 aliphatic carbocycles. The molecule has 1 aromatic carbocycles. The molecule has 0 spiro atoms. The third-order valence-corrected chi connectivity index (χ3v) is 6.90. The first kappa shape index (κ1) is 37.3. The SMILES string of the molecule is CCOC(=O)C=C[C@H](C[C@@H]1CCNC1=O)NC(=O)[C@H](CC(C)C)NC(=O)[C@@H](NC(=O)OC(C)(C)C)C(C)OCc1ccccc1.